The summed E-state index contributed by atoms with van der Waals surface area (Å²) >= 11 is 0. The molecule has 5 heteroatoms. The monoisotopic (exact) mass is 264 g/mol. The fraction of sp³-hybridized carbons (Fsp3) is 0.500. The number of carboxylic acids is 1. The van der Waals surface area contributed by atoms with Gasteiger partial charge in [0.05, 0.1) is 17.2 Å². The molecular weight excluding hydrogens is 244 g/mol. The fourth-order valence-corrected chi connectivity index (χ4v) is 1.85. The van der Waals surface area contributed by atoms with Crippen LogP contribution >= 0.6 is 0 Å². The molecule has 0 radical (unpaired) electrons. The lowest BCUT2D eigenvalue weighted by atomic mass is 10.1. The van der Waals surface area contributed by atoms with E-state index in [9.17, 15) is 9.59 Å². The molecule has 0 aliphatic carbocycles. The summed E-state index contributed by atoms with van der Waals surface area (Å²) in [6.07, 6.45) is 0. The first-order valence-electron chi connectivity index (χ1n) is 6.33. The fourth-order valence-electron chi connectivity index (χ4n) is 1.85. The molecule has 0 bridgehead atoms. The van der Waals surface area contributed by atoms with Crippen molar-refractivity contribution in [2.75, 3.05) is 13.1 Å². The highest BCUT2D eigenvalue weighted by atomic mass is 16.4. The van der Waals surface area contributed by atoms with E-state index >= 15 is 0 Å². The van der Waals surface area contributed by atoms with Crippen LogP contribution in [0.4, 0.5) is 0 Å². The van der Waals surface area contributed by atoms with E-state index < -0.39 is 11.9 Å². The minimum atomic E-state index is -0.898. The molecule has 104 valence electrons. The number of hydrogen-bond acceptors (Lipinski definition) is 3. The number of amides is 1. The molecule has 0 fully saturated rings. The second kappa shape index (κ2) is 6.31. The maximum absolute atomic E-state index is 12.4. The normalized spacial score (nSPS) is 12.0. The Kier molecular flexibility index (Phi) is 5.03. The lowest BCUT2D eigenvalue weighted by Crippen LogP contribution is -2.37. The molecule has 1 rings (SSSR count). The molecule has 0 saturated carbocycles. The maximum Gasteiger partial charge on any atom is 0.308 e. The highest BCUT2D eigenvalue weighted by molar-refractivity contribution is 5.95. The zero-order chi connectivity index (χ0) is 14.6. The van der Waals surface area contributed by atoms with E-state index in [1.165, 1.54) is 4.90 Å². The SMILES string of the molecule is CCN(CC(C)C(=O)O)C(=O)c1ccc(C)nc1C. The van der Waals surface area contributed by atoms with E-state index in [-0.39, 0.29) is 12.5 Å². The summed E-state index contributed by atoms with van der Waals surface area (Å²) in [5.74, 6) is -1.65. The maximum atomic E-state index is 12.4. The van der Waals surface area contributed by atoms with Crippen LogP contribution in [0, 0.1) is 19.8 Å². The quantitative estimate of drug-likeness (QED) is 0.881. The lowest BCUT2D eigenvalue weighted by Gasteiger charge is -2.23. The molecule has 0 aromatic carbocycles. The highest BCUT2D eigenvalue weighted by Gasteiger charge is 2.21. The van der Waals surface area contributed by atoms with Crippen molar-refractivity contribution in [3.05, 3.63) is 29.1 Å². The summed E-state index contributed by atoms with van der Waals surface area (Å²) in [5.41, 5.74) is 2.06. The summed E-state index contributed by atoms with van der Waals surface area (Å²) < 4.78 is 0. The molecular formula is C14H20N2O3. The van der Waals surface area contributed by atoms with E-state index in [1.54, 1.807) is 26.0 Å². The molecule has 1 unspecified atom stereocenters. The number of carbonyl (C=O) groups is 2. The van der Waals surface area contributed by atoms with Crippen molar-refractivity contribution in [1.29, 1.82) is 0 Å². The van der Waals surface area contributed by atoms with Gasteiger partial charge in [-0.3, -0.25) is 14.6 Å². The van der Waals surface area contributed by atoms with E-state index in [4.69, 9.17) is 5.11 Å². The first-order chi connectivity index (χ1) is 8.86. The molecule has 1 amide bonds. The largest absolute Gasteiger partial charge is 0.481 e. The van der Waals surface area contributed by atoms with Crippen LogP contribution in [0.2, 0.25) is 0 Å². The van der Waals surface area contributed by atoms with Crippen molar-refractivity contribution >= 4 is 11.9 Å². The number of hydrogen-bond donors (Lipinski definition) is 1. The molecule has 0 aliphatic heterocycles. The van der Waals surface area contributed by atoms with Crippen LogP contribution in [0.15, 0.2) is 12.1 Å². The number of carbonyl (C=O) groups excluding carboxylic acids is 1. The van der Waals surface area contributed by atoms with Gasteiger partial charge in [0.1, 0.15) is 0 Å². The van der Waals surface area contributed by atoms with Gasteiger partial charge in [-0.05, 0) is 32.9 Å². The second-order valence-electron chi connectivity index (χ2n) is 4.67. The van der Waals surface area contributed by atoms with Crippen LogP contribution in [0.1, 0.15) is 35.6 Å². The van der Waals surface area contributed by atoms with Crippen LogP contribution in [0.3, 0.4) is 0 Å². The van der Waals surface area contributed by atoms with Crippen molar-refractivity contribution < 1.29 is 14.7 Å². The predicted molar refractivity (Wildman–Crippen MR) is 72.1 cm³/mol. The first-order valence-corrected chi connectivity index (χ1v) is 6.33. The van der Waals surface area contributed by atoms with Crippen LogP contribution < -0.4 is 0 Å². The zero-order valence-corrected chi connectivity index (χ0v) is 11.8. The summed E-state index contributed by atoms with van der Waals surface area (Å²) in [5, 5.41) is 8.92. The number of rotatable bonds is 5. The van der Waals surface area contributed by atoms with Gasteiger partial charge in [-0.15, -0.1) is 0 Å². The molecule has 1 atom stereocenters. The van der Waals surface area contributed by atoms with E-state index in [1.807, 2.05) is 13.8 Å². The molecule has 0 aliphatic rings. The Balaban J connectivity index is 2.92. The molecule has 1 N–H and O–H groups in total. The Labute approximate surface area is 113 Å². The third-order valence-corrected chi connectivity index (χ3v) is 3.04. The second-order valence-corrected chi connectivity index (χ2v) is 4.67. The Bertz CT molecular complexity index is 486. The molecule has 0 saturated heterocycles. The van der Waals surface area contributed by atoms with Crippen LogP contribution in [0.25, 0.3) is 0 Å². The molecule has 19 heavy (non-hydrogen) atoms. The highest BCUT2D eigenvalue weighted by Crippen LogP contribution is 2.12. The van der Waals surface area contributed by atoms with E-state index in [0.29, 0.717) is 17.8 Å². The van der Waals surface area contributed by atoms with Gasteiger partial charge in [0, 0.05) is 18.8 Å². The number of aliphatic carboxylic acids is 1. The average molecular weight is 264 g/mol. The van der Waals surface area contributed by atoms with Crippen molar-refractivity contribution in [1.82, 2.24) is 9.88 Å². The Hall–Kier alpha value is -1.91. The van der Waals surface area contributed by atoms with Crippen molar-refractivity contribution in [2.45, 2.75) is 27.7 Å². The number of carboxylic acid groups (broad SMARTS) is 1. The van der Waals surface area contributed by atoms with Gasteiger partial charge in [0.25, 0.3) is 5.91 Å². The minimum Gasteiger partial charge on any atom is -0.481 e. The van der Waals surface area contributed by atoms with Gasteiger partial charge >= 0.3 is 5.97 Å². The smallest absolute Gasteiger partial charge is 0.308 e. The average Bonchev–Trinajstić information content (AvgIpc) is 2.34. The third kappa shape index (κ3) is 3.77. The van der Waals surface area contributed by atoms with Crippen molar-refractivity contribution in [3.8, 4) is 0 Å². The Morgan fingerprint density at radius 2 is 2.00 bits per heavy atom. The number of pyridine rings is 1. The summed E-state index contributed by atoms with van der Waals surface area (Å²) in [6, 6.07) is 3.53. The van der Waals surface area contributed by atoms with Crippen molar-refractivity contribution in [3.63, 3.8) is 0 Å². The van der Waals surface area contributed by atoms with Crippen LogP contribution in [-0.4, -0.2) is 40.0 Å². The van der Waals surface area contributed by atoms with E-state index in [0.717, 1.165) is 5.69 Å². The number of aryl methyl sites for hydroxylation is 2. The summed E-state index contributed by atoms with van der Waals surface area (Å²) in [4.78, 5) is 29.0. The van der Waals surface area contributed by atoms with Crippen LogP contribution in [-0.2, 0) is 4.79 Å². The molecule has 0 spiro atoms. The number of aromatic nitrogens is 1. The van der Waals surface area contributed by atoms with Crippen LogP contribution in [0.5, 0.6) is 0 Å². The van der Waals surface area contributed by atoms with E-state index in [2.05, 4.69) is 4.98 Å². The van der Waals surface area contributed by atoms with Gasteiger partial charge in [0.2, 0.25) is 0 Å². The molecule has 5 nitrogen and oxygen atoms in total. The molecule has 1 aromatic rings. The van der Waals surface area contributed by atoms with Gasteiger partial charge in [-0.2, -0.15) is 0 Å². The predicted octanol–water partition coefficient (Wildman–Crippen LogP) is 1.88. The van der Waals surface area contributed by atoms with Gasteiger partial charge in [0.15, 0.2) is 0 Å². The molecule has 1 heterocycles. The number of nitrogens with zero attached hydrogens (tertiary/aromatic N) is 2. The summed E-state index contributed by atoms with van der Waals surface area (Å²) in [6.45, 7) is 7.77. The molecule has 1 aromatic heterocycles. The first kappa shape index (κ1) is 15.1. The summed E-state index contributed by atoms with van der Waals surface area (Å²) in [7, 11) is 0. The van der Waals surface area contributed by atoms with Crippen molar-refractivity contribution in [2.24, 2.45) is 5.92 Å². The third-order valence-electron chi connectivity index (χ3n) is 3.04. The zero-order valence-electron chi connectivity index (χ0n) is 11.8. The topological polar surface area (TPSA) is 70.5 Å². The lowest BCUT2D eigenvalue weighted by molar-refractivity contribution is -0.141. The van der Waals surface area contributed by atoms with Gasteiger partial charge in [-0.1, -0.05) is 6.92 Å². The minimum absolute atomic E-state index is 0.166. The van der Waals surface area contributed by atoms with Gasteiger partial charge < -0.3 is 10.0 Å². The van der Waals surface area contributed by atoms with Gasteiger partial charge in [-0.25, -0.2) is 0 Å². The Morgan fingerprint density at radius 1 is 1.37 bits per heavy atom. The standard InChI is InChI=1S/C14H20N2O3/c1-5-16(8-9(2)14(18)19)13(17)12-7-6-10(3)15-11(12)4/h6-7,9H,5,8H2,1-4H3,(H,18,19). The Morgan fingerprint density at radius 3 is 2.47 bits per heavy atom.